The molecule has 1 aliphatic carbocycles. The zero-order chi connectivity index (χ0) is 16.5. The Bertz CT molecular complexity index is 721. The van der Waals surface area contributed by atoms with Gasteiger partial charge < -0.3 is 10.2 Å². The van der Waals surface area contributed by atoms with Crippen LogP contribution in [0.3, 0.4) is 0 Å². The fraction of sp³-hybridized carbons (Fsp3) is 0.500. The molecule has 0 unspecified atom stereocenters. The summed E-state index contributed by atoms with van der Waals surface area (Å²) in [7, 11) is 0. The minimum Gasteiger partial charge on any atom is -0.352 e. The molecule has 0 saturated heterocycles. The number of aryl methyl sites for hydroxylation is 1. The van der Waals surface area contributed by atoms with E-state index in [1.165, 1.54) is 31.3 Å². The highest BCUT2D eigenvalue weighted by Gasteiger charge is 2.31. The third-order valence-electron chi connectivity index (χ3n) is 5.43. The van der Waals surface area contributed by atoms with Crippen molar-refractivity contribution in [2.75, 3.05) is 18.0 Å². The Hall–Kier alpha value is -2.10. The van der Waals surface area contributed by atoms with E-state index < -0.39 is 0 Å². The maximum Gasteiger partial charge on any atom is 0.251 e. The van der Waals surface area contributed by atoms with Crippen LogP contribution in [0.5, 0.6) is 0 Å². The van der Waals surface area contributed by atoms with Gasteiger partial charge in [0.05, 0.1) is 5.69 Å². The summed E-state index contributed by atoms with van der Waals surface area (Å²) < 4.78 is 0. The number of carbonyl (C=O) groups is 2. The number of anilines is 1. The van der Waals surface area contributed by atoms with Gasteiger partial charge in [0.15, 0.2) is 0 Å². The van der Waals surface area contributed by atoms with Crippen molar-refractivity contribution >= 4 is 17.5 Å². The Morgan fingerprint density at radius 2 is 1.92 bits per heavy atom. The number of allylic oxidation sites excluding steroid dienone is 1. The van der Waals surface area contributed by atoms with Crippen molar-refractivity contribution in [2.24, 2.45) is 0 Å². The van der Waals surface area contributed by atoms with Crippen LogP contribution in [0.15, 0.2) is 23.8 Å². The molecule has 3 aliphatic rings. The summed E-state index contributed by atoms with van der Waals surface area (Å²) in [6, 6.07) is 3.96. The molecule has 0 saturated carbocycles. The van der Waals surface area contributed by atoms with E-state index >= 15 is 0 Å². The molecule has 1 aromatic rings. The third kappa shape index (κ3) is 2.85. The molecule has 2 heterocycles. The van der Waals surface area contributed by atoms with Crippen LogP contribution < -0.4 is 10.2 Å². The molecule has 126 valence electrons. The summed E-state index contributed by atoms with van der Waals surface area (Å²) in [4.78, 5) is 26.4. The zero-order valence-electron chi connectivity index (χ0n) is 14.1. The highest BCUT2D eigenvalue weighted by Crippen LogP contribution is 2.37. The lowest BCUT2D eigenvalue weighted by Crippen LogP contribution is -2.33. The van der Waals surface area contributed by atoms with Gasteiger partial charge in [-0.15, -0.1) is 0 Å². The van der Waals surface area contributed by atoms with Crippen molar-refractivity contribution in [1.29, 1.82) is 0 Å². The lowest BCUT2D eigenvalue weighted by Gasteiger charge is -2.25. The predicted octanol–water partition coefficient (Wildman–Crippen LogP) is 3.14. The predicted molar refractivity (Wildman–Crippen MR) is 94.3 cm³/mol. The number of hydrogen-bond acceptors (Lipinski definition) is 2. The molecule has 1 aromatic carbocycles. The summed E-state index contributed by atoms with van der Waals surface area (Å²) in [5.41, 5.74) is 5.62. The topological polar surface area (TPSA) is 49.4 Å². The monoisotopic (exact) mass is 324 g/mol. The molecule has 0 fully saturated rings. The zero-order valence-corrected chi connectivity index (χ0v) is 14.1. The van der Waals surface area contributed by atoms with E-state index in [0.29, 0.717) is 13.0 Å². The van der Waals surface area contributed by atoms with Crippen LogP contribution in [-0.2, 0) is 17.6 Å². The smallest absolute Gasteiger partial charge is 0.251 e. The highest BCUT2D eigenvalue weighted by atomic mass is 16.2. The van der Waals surface area contributed by atoms with E-state index in [9.17, 15) is 9.59 Å². The van der Waals surface area contributed by atoms with Crippen LogP contribution in [0, 0.1) is 0 Å². The number of carbonyl (C=O) groups excluding carboxylic acids is 2. The van der Waals surface area contributed by atoms with Crippen LogP contribution in [0.4, 0.5) is 5.69 Å². The minimum absolute atomic E-state index is 0.0146. The second-order valence-electron chi connectivity index (χ2n) is 7.05. The summed E-state index contributed by atoms with van der Waals surface area (Å²) in [5, 5.41) is 3.07. The first-order valence-corrected chi connectivity index (χ1v) is 9.14. The molecule has 4 rings (SSSR count). The molecule has 0 spiro atoms. The third-order valence-corrected chi connectivity index (χ3v) is 5.43. The molecular formula is C20H24N2O2. The van der Waals surface area contributed by atoms with Crippen molar-refractivity contribution in [3.63, 3.8) is 0 Å². The SMILES string of the molecule is O=C(NCCC1=CCCCC1)c1cc2c3c(c1)CCN3C(=O)CC2. The van der Waals surface area contributed by atoms with E-state index in [2.05, 4.69) is 11.4 Å². The molecule has 0 bridgehead atoms. The largest absolute Gasteiger partial charge is 0.352 e. The van der Waals surface area contributed by atoms with E-state index in [1.807, 2.05) is 17.0 Å². The lowest BCUT2D eigenvalue weighted by atomic mass is 9.96. The number of rotatable bonds is 4. The average Bonchev–Trinajstić information content (AvgIpc) is 3.04. The standard InChI is InChI=1S/C20H24N2O2/c23-18-7-6-15-12-17(13-16-9-11-22(18)19(15)16)20(24)21-10-8-14-4-2-1-3-5-14/h4,12-13H,1-3,5-11H2,(H,21,24). The first-order valence-electron chi connectivity index (χ1n) is 9.14. The number of nitrogens with one attached hydrogen (secondary N) is 1. The van der Waals surface area contributed by atoms with E-state index in [-0.39, 0.29) is 11.8 Å². The van der Waals surface area contributed by atoms with Crippen molar-refractivity contribution in [2.45, 2.75) is 51.4 Å². The van der Waals surface area contributed by atoms with E-state index in [4.69, 9.17) is 0 Å². The lowest BCUT2D eigenvalue weighted by molar-refractivity contribution is -0.118. The molecule has 4 nitrogen and oxygen atoms in total. The van der Waals surface area contributed by atoms with Gasteiger partial charge >= 0.3 is 0 Å². The van der Waals surface area contributed by atoms with Gasteiger partial charge in [-0.3, -0.25) is 9.59 Å². The molecule has 0 radical (unpaired) electrons. The number of amides is 2. The average molecular weight is 324 g/mol. The molecule has 2 amide bonds. The van der Waals surface area contributed by atoms with E-state index in [0.717, 1.165) is 48.2 Å². The van der Waals surface area contributed by atoms with Crippen LogP contribution in [0.25, 0.3) is 0 Å². The van der Waals surface area contributed by atoms with Crippen molar-refractivity contribution in [1.82, 2.24) is 5.32 Å². The van der Waals surface area contributed by atoms with Gasteiger partial charge in [-0.05, 0) is 68.2 Å². The molecular weight excluding hydrogens is 300 g/mol. The number of benzene rings is 1. The Labute approximate surface area is 142 Å². The summed E-state index contributed by atoms with van der Waals surface area (Å²) in [5.74, 6) is 0.236. The number of nitrogens with zero attached hydrogens (tertiary/aromatic N) is 1. The normalized spacial score (nSPS) is 19.1. The first-order chi connectivity index (χ1) is 11.7. The second-order valence-corrected chi connectivity index (χ2v) is 7.05. The Morgan fingerprint density at radius 3 is 2.71 bits per heavy atom. The van der Waals surface area contributed by atoms with Gasteiger partial charge in [0.25, 0.3) is 5.91 Å². The van der Waals surface area contributed by atoms with Crippen LogP contribution in [0.2, 0.25) is 0 Å². The van der Waals surface area contributed by atoms with Crippen molar-refractivity contribution in [3.05, 3.63) is 40.5 Å². The summed E-state index contributed by atoms with van der Waals surface area (Å²) >= 11 is 0. The fourth-order valence-corrected chi connectivity index (χ4v) is 4.16. The Balaban J connectivity index is 1.44. The van der Waals surface area contributed by atoms with Gasteiger partial charge in [0.1, 0.15) is 0 Å². The van der Waals surface area contributed by atoms with Gasteiger partial charge in [-0.25, -0.2) is 0 Å². The summed E-state index contributed by atoms with van der Waals surface area (Å²) in [6.45, 7) is 1.47. The summed E-state index contributed by atoms with van der Waals surface area (Å²) in [6.07, 6.45) is 10.4. The van der Waals surface area contributed by atoms with Crippen LogP contribution >= 0.6 is 0 Å². The highest BCUT2D eigenvalue weighted by molar-refractivity contribution is 6.01. The molecule has 0 aromatic heterocycles. The van der Waals surface area contributed by atoms with Crippen molar-refractivity contribution < 1.29 is 9.59 Å². The van der Waals surface area contributed by atoms with Gasteiger partial charge in [0, 0.05) is 25.1 Å². The van der Waals surface area contributed by atoms with Crippen LogP contribution in [0.1, 0.15) is 60.0 Å². The maximum atomic E-state index is 12.5. The quantitative estimate of drug-likeness (QED) is 0.865. The Morgan fingerprint density at radius 1 is 1.08 bits per heavy atom. The van der Waals surface area contributed by atoms with E-state index in [1.54, 1.807) is 0 Å². The minimum atomic E-state index is 0.0146. The molecule has 1 N–H and O–H groups in total. The molecule has 24 heavy (non-hydrogen) atoms. The van der Waals surface area contributed by atoms with Gasteiger partial charge in [-0.2, -0.15) is 0 Å². The maximum absolute atomic E-state index is 12.5. The van der Waals surface area contributed by atoms with Gasteiger partial charge in [-0.1, -0.05) is 11.6 Å². The number of hydrogen-bond donors (Lipinski definition) is 1. The molecule has 4 heteroatoms. The van der Waals surface area contributed by atoms with Crippen molar-refractivity contribution in [3.8, 4) is 0 Å². The first kappa shape index (κ1) is 15.4. The molecule has 2 aliphatic heterocycles. The van der Waals surface area contributed by atoms with Gasteiger partial charge in [0.2, 0.25) is 5.91 Å². The molecule has 0 atom stereocenters. The fourth-order valence-electron chi connectivity index (χ4n) is 4.16. The second kappa shape index (κ2) is 6.42. The van der Waals surface area contributed by atoms with Crippen LogP contribution in [-0.4, -0.2) is 24.9 Å². The Kier molecular flexibility index (Phi) is 4.13.